The number of aliphatic imine (C=N–C) groups is 1. The van der Waals surface area contributed by atoms with Gasteiger partial charge >= 0.3 is 0 Å². The van der Waals surface area contributed by atoms with E-state index in [1.54, 1.807) is 6.07 Å². The van der Waals surface area contributed by atoms with Crippen molar-refractivity contribution in [3.05, 3.63) is 63.6 Å². The molecule has 6 rings (SSSR count). The molecule has 4 heterocycles. The third kappa shape index (κ3) is 7.85. The molecule has 0 amide bonds. The van der Waals surface area contributed by atoms with Crippen LogP contribution in [0.3, 0.4) is 0 Å². The average molecular weight is 614 g/mol. The number of aryl methyl sites for hydroxylation is 3. The fourth-order valence-electron chi connectivity index (χ4n) is 5.47. The largest absolute Gasteiger partial charge is 0.461 e. The van der Waals surface area contributed by atoms with Crippen molar-refractivity contribution in [2.45, 2.75) is 98.5 Å². The molecule has 1 aromatic carbocycles. The first-order valence-electron chi connectivity index (χ1n) is 15.3. The number of aromatic nitrogens is 1. The summed E-state index contributed by atoms with van der Waals surface area (Å²) in [5, 5.41) is 13.1. The summed E-state index contributed by atoms with van der Waals surface area (Å²) in [5.41, 5.74) is 4.33. The number of rotatable bonds is 5. The van der Waals surface area contributed by atoms with Crippen LogP contribution in [0.15, 0.2) is 39.7 Å². The van der Waals surface area contributed by atoms with Gasteiger partial charge in [-0.3, -0.25) is 0 Å². The van der Waals surface area contributed by atoms with Crippen LogP contribution in [0.4, 0.5) is 16.0 Å². The van der Waals surface area contributed by atoms with Crippen molar-refractivity contribution in [1.29, 1.82) is 0 Å². The van der Waals surface area contributed by atoms with E-state index in [1.807, 2.05) is 45.0 Å². The van der Waals surface area contributed by atoms with Gasteiger partial charge in [0.25, 0.3) is 0 Å². The minimum absolute atomic E-state index is 0.0463. The summed E-state index contributed by atoms with van der Waals surface area (Å²) in [6, 6.07) is 8.98. The molecule has 3 aliphatic rings. The van der Waals surface area contributed by atoms with E-state index < -0.39 is 6.10 Å². The number of nitrogens with one attached hydrogen (secondary N) is 1. The van der Waals surface area contributed by atoms with E-state index in [-0.39, 0.29) is 24.1 Å². The Morgan fingerprint density at radius 2 is 1.84 bits per heavy atom. The van der Waals surface area contributed by atoms with Crippen LogP contribution in [0.2, 0.25) is 5.02 Å². The van der Waals surface area contributed by atoms with Gasteiger partial charge in [0.05, 0.1) is 30.4 Å². The van der Waals surface area contributed by atoms with Crippen molar-refractivity contribution in [1.82, 2.24) is 4.98 Å². The van der Waals surface area contributed by atoms with E-state index in [1.165, 1.54) is 6.42 Å². The zero-order valence-electron chi connectivity index (χ0n) is 26.3. The van der Waals surface area contributed by atoms with Crippen molar-refractivity contribution >= 4 is 28.9 Å². The fraction of sp³-hybridized carbons (Fsp3) is 0.529. The molecule has 7 nitrogen and oxygen atoms in total. The third-order valence-electron chi connectivity index (χ3n) is 7.83. The Balaban J connectivity index is 0.000000269. The highest BCUT2D eigenvalue weighted by atomic mass is 35.5. The number of halogens is 2. The number of aliphatic hydroxyl groups is 1. The number of hydrogen-bond donors (Lipinski definition) is 2. The monoisotopic (exact) mass is 613 g/mol. The number of nitrogens with zero attached hydrogens (tertiary/aromatic N) is 2. The standard InChI is InChI=1S/C24H25ClFN3O.C7H12O3.C3H8/c1-5-14(3)27-23-13(2)10-18(25)24(29-23)28-20-8-7-16-11-17(12-19(26)22(16)20)21-9-6-15(4)30-21;1-4-2-9-7-5(8)3-10-6(4)7;1-3-2/h6,9-12,20H,5,7-8H2,1-4H3,(H,28,29);4-8H,2-3H2,1H3;3H2,1-2H3/t;4?,5?,6-,7-;/m.1./s1. The highest BCUT2D eigenvalue weighted by molar-refractivity contribution is 6.33. The summed E-state index contributed by atoms with van der Waals surface area (Å²) in [7, 11) is 0. The summed E-state index contributed by atoms with van der Waals surface area (Å²) in [4.78, 5) is 9.21. The second kappa shape index (κ2) is 14.8. The van der Waals surface area contributed by atoms with Gasteiger partial charge in [0, 0.05) is 22.8 Å². The highest BCUT2D eigenvalue weighted by Crippen LogP contribution is 2.40. The normalized spacial score (nSPS) is 24.0. The van der Waals surface area contributed by atoms with Crippen LogP contribution in [0.25, 0.3) is 11.3 Å². The van der Waals surface area contributed by atoms with Crippen molar-refractivity contribution < 1.29 is 23.4 Å². The van der Waals surface area contributed by atoms with Gasteiger partial charge in [-0.2, -0.15) is 0 Å². The quantitative estimate of drug-likeness (QED) is 0.280. The first-order valence-corrected chi connectivity index (χ1v) is 15.7. The Labute approximate surface area is 259 Å². The summed E-state index contributed by atoms with van der Waals surface area (Å²) in [6.07, 6.45) is 3.36. The topological polar surface area (TPSA) is 89.1 Å². The predicted molar refractivity (Wildman–Crippen MR) is 171 cm³/mol. The Hall–Kier alpha value is -2.78. The minimum atomic E-state index is -0.394. The number of benzene rings is 1. The molecule has 2 N–H and O–H groups in total. The van der Waals surface area contributed by atoms with E-state index >= 15 is 4.39 Å². The zero-order valence-corrected chi connectivity index (χ0v) is 27.1. The Morgan fingerprint density at radius 1 is 1.12 bits per heavy atom. The Kier molecular flexibility index (Phi) is 11.4. The second-order valence-corrected chi connectivity index (χ2v) is 12.1. The van der Waals surface area contributed by atoms with E-state index in [4.69, 9.17) is 25.5 Å². The summed E-state index contributed by atoms with van der Waals surface area (Å²) in [6.45, 7) is 15.4. The third-order valence-corrected chi connectivity index (χ3v) is 8.11. The number of ether oxygens (including phenoxy) is 2. The molecule has 0 radical (unpaired) electrons. The first kappa shape index (κ1) is 33.1. The lowest BCUT2D eigenvalue weighted by molar-refractivity contribution is 0.0173. The van der Waals surface area contributed by atoms with Crippen molar-refractivity contribution in [2.24, 2.45) is 10.9 Å². The molecule has 2 aromatic heterocycles. The Bertz CT molecular complexity index is 1410. The molecule has 0 bridgehead atoms. The summed E-state index contributed by atoms with van der Waals surface area (Å²) in [5.74, 6) is 2.87. The van der Waals surface area contributed by atoms with Crippen molar-refractivity contribution in [3.8, 4) is 11.3 Å². The molecule has 0 saturated carbocycles. The van der Waals surface area contributed by atoms with Gasteiger partial charge in [-0.25, -0.2) is 14.4 Å². The molecule has 1 aliphatic carbocycles. The second-order valence-electron chi connectivity index (χ2n) is 11.7. The van der Waals surface area contributed by atoms with Crippen LogP contribution in [-0.2, 0) is 15.9 Å². The number of hydrogen-bond acceptors (Lipinski definition) is 7. The van der Waals surface area contributed by atoms with Gasteiger partial charge < -0.3 is 24.3 Å². The molecule has 2 saturated heterocycles. The van der Waals surface area contributed by atoms with Gasteiger partial charge in [-0.1, -0.05) is 45.7 Å². The van der Waals surface area contributed by atoms with Crippen LogP contribution in [0, 0.1) is 25.6 Å². The van der Waals surface area contributed by atoms with Gasteiger partial charge in [0.2, 0.25) is 0 Å². The first-order chi connectivity index (χ1) is 20.6. The van der Waals surface area contributed by atoms with Gasteiger partial charge in [0.15, 0.2) is 5.82 Å². The molecule has 2 aliphatic heterocycles. The molecule has 0 spiro atoms. The average Bonchev–Trinajstić information content (AvgIpc) is 3.75. The van der Waals surface area contributed by atoms with E-state index in [0.717, 1.165) is 54.0 Å². The maximum Gasteiger partial charge on any atom is 0.157 e. The fourth-order valence-corrected chi connectivity index (χ4v) is 5.73. The summed E-state index contributed by atoms with van der Waals surface area (Å²) < 4.78 is 31.4. The molecule has 9 heteroatoms. The van der Waals surface area contributed by atoms with Crippen LogP contribution < -0.4 is 5.32 Å². The van der Waals surface area contributed by atoms with Crippen LogP contribution >= 0.6 is 11.6 Å². The Morgan fingerprint density at radius 3 is 2.49 bits per heavy atom. The molecular formula is C34H45ClFN3O4. The van der Waals surface area contributed by atoms with Crippen molar-refractivity contribution in [2.75, 3.05) is 18.5 Å². The highest BCUT2D eigenvalue weighted by Gasteiger charge is 2.44. The molecular weight excluding hydrogens is 569 g/mol. The maximum atomic E-state index is 15.1. The SMILES string of the molecule is CC1CO[C@@H]2C(O)CO[C@H]12.CCC.CCC(C)=Nc1nc(NC2CCc3cc(-c4ccc(C)o4)cc(F)c32)c(Cl)cc1C. The number of pyridine rings is 1. The summed E-state index contributed by atoms with van der Waals surface area (Å²) >= 11 is 6.45. The lowest BCUT2D eigenvalue weighted by atomic mass is 10.0. The van der Waals surface area contributed by atoms with Gasteiger partial charge in [-0.05, 0) is 81.5 Å². The molecule has 43 heavy (non-hydrogen) atoms. The van der Waals surface area contributed by atoms with Gasteiger partial charge in [-0.15, -0.1) is 0 Å². The maximum absolute atomic E-state index is 15.1. The predicted octanol–water partition coefficient (Wildman–Crippen LogP) is 8.55. The molecule has 3 aromatic rings. The lowest BCUT2D eigenvalue weighted by Crippen LogP contribution is -2.28. The zero-order chi connectivity index (χ0) is 31.3. The van der Waals surface area contributed by atoms with Gasteiger partial charge in [0.1, 0.15) is 35.4 Å². The van der Waals surface area contributed by atoms with Crippen molar-refractivity contribution in [3.63, 3.8) is 0 Å². The van der Waals surface area contributed by atoms with E-state index in [2.05, 4.69) is 43.0 Å². The van der Waals surface area contributed by atoms with Crippen LogP contribution in [0.1, 0.15) is 82.4 Å². The smallest absolute Gasteiger partial charge is 0.157 e. The number of aliphatic hydroxyl groups excluding tert-OH is 1. The molecule has 234 valence electrons. The van der Waals surface area contributed by atoms with Crippen LogP contribution in [0.5, 0.6) is 0 Å². The molecule has 2 fully saturated rings. The number of anilines is 1. The van der Waals surface area contributed by atoms with E-state index in [9.17, 15) is 5.11 Å². The minimum Gasteiger partial charge on any atom is -0.461 e. The number of furan rings is 1. The number of fused-ring (bicyclic) bond motifs is 2. The molecule has 5 atom stereocenters. The lowest BCUT2D eigenvalue weighted by Gasteiger charge is -2.18. The molecule has 3 unspecified atom stereocenters. The van der Waals surface area contributed by atoms with E-state index in [0.29, 0.717) is 40.5 Å². The van der Waals surface area contributed by atoms with Crippen LogP contribution in [-0.4, -0.2) is 47.3 Å².